The van der Waals surface area contributed by atoms with Crippen LogP contribution in [0, 0.1) is 17.2 Å². The van der Waals surface area contributed by atoms with E-state index in [1.807, 2.05) is 5.38 Å². The summed E-state index contributed by atoms with van der Waals surface area (Å²) in [5.41, 5.74) is 6.10. The Kier molecular flexibility index (Phi) is 5.98. The Bertz CT molecular complexity index is 1600. The number of anilines is 1. The number of hydrogen-bond donors (Lipinski definition) is 1. The minimum Gasteiger partial charge on any atom is -0.315 e. The molecule has 1 atom stereocenters. The van der Waals surface area contributed by atoms with Gasteiger partial charge >= 0.3 is 0 Å². The Hall–Kier alpha value is -3.28. The molecule has 0 spiro atoms. The normalized spacial score (nSPS) is 16.8. The van der Waals surface area contributed by atoms with Gasteiger partial charge in [-0.1, -0.05) is 25.1 Å². The number of carbonyl (C=O) groups is 1. The third kappa shape index (κ3) is 4.06. The first-order valence-electron chi connectivity index (χ1n) is 12.4. The zero-order valence-electron chi connectivity index (χ0n) is 20.1. The van der Waals surface area contributed by atoms with Gasteiger partial charge in [0, 0.05) is 15.8 Å². The van der Waals surface area contributed by atoms with Crippen LogP contribution in [-0.4, -0.2) is 15.5 Å². The van der Waals surface area contributed by atoms with Crippen LogP contribution in [0.25, 0.3) is 21.3 Å². The van der Waals surface area contributed by atoms with Crippen molar-refractivity contribution in [1.29, 1.82) is 5.26 Å². The lowest BCUT2D eigenvalue weighted by Gasteiger charge is -2.17. The van der Waals surface area contributed by atoms with E-state index in [0.717, 1.165) is 48.8 Å². The SMILES string of the molecule is CC1CCc2c(sc(NC(=O)Cn3cnc4scc(-c5ccc6c(c5)CCCC6)c4c3=O)c2C#N)C1. The Morgan fingerprint density at radius 3 is 2.92 bits per heavy atom. The summed E-state index contributed by atoms with van der Waals surface area (Å²) >= 11 is 2.94. The fourth-order valence-corrected chi connectivity index (χ4v) is 7.76. The topological polar surface area (TPSA) is 87.8 Å². The van der Waals surface area contributed by atoms with E-state index in [9.17, 15) is 14.9 Å². The van der Waals surface area contributed by atoms with E-state index in [4.69, 9.17) is 0 Å². The van der Waals surface area contributed by atoms with Crippen LogP contribution in [0.1, 0.15) is 53.3 Å². The standard InChI is InChI=1S/C28H26N4O2S2/c1-16-6-9-20-21(12-29)26(36-23(20)10-16)31-24(33)13-32-15-30-27-25(28(32)34)22(14-35-27)19-8-7-17-4-2-3-5-18(17)11-19/h7-8,11,14-16H,2-6,9-10,13H2,1H3,(H,31,33). The molecule has 1 amide bonds. The zero-order chi connectivity index (χ0) is 24.8. The fraction of sp³-hybridized carbons (Fsp3) is 0.357. The maximum atomic E-state index is 13.5. The smallest absolute Gasteiger partial charge is 0.263 e. The number of benzene rings is 1. The molecule has 36 heavy (non-hydrogen) atoms. The number of carbonyl (C=O) groups excluding carboxylic acids is 1. The summed E-state index contributed by atoms with van der Waals surface area (Å²) in [7, 11) is 0. The van der Waals surface area contributed by atoms with Crippen molar-refractivity contribution < 1.29 is 4.79 Å². The average molecular weight is 515 g/mol. The first-order chi connectivity index (χ1) is 17.5. The summed E-state index contributed by atoms with van der Waals surface area (Å²) in [4.78, 5) is 32.8. The van der Waals surface area contributed by atoms with E-state index in [-0.39, 0.29) is 18.0 Å². The highest BCUT2D eigenvalue weighted by molar-refractivity contribution is 7.17. The van der Waals surface area contributed by atoms with E-state index in [1.165, 1.54) is 62.4 Å². The third-order valence-corrected chi connectivity index (χ3v) is 9.47. The summed E-state index contributed by atoms with van der Waals surface area (Å²) < 4.78 is 1.37. The average Bonchev–Trinajstić information content (AvgIpc) is 3.46. The number of aromatic nitrogens is 2. The second-order valence-corrected chi connectivity index (χ2v) is 11.9. The van der Waals surface area contributed by atoms with Crippen molar-refractivity contribution in [3.63, 3.8) is 0 Å². The van der Waals surface area contributed by atoms with E-state index in [2.05, 4.69) is 41.5 Å². The molecule has 182 valence electrons. The van der Waals surface area contributed by atoms with E-state index in [0.29, 0.717) is 26.7 Å². The van der Waals surface area contributed by atoms with Crippen molar-refractivity contribution in [3.8, 4) is 17.2 Å². The molecule has 1 aromatic carbocycles. The van der Waals surface area contributed by atoms with Crippen molar-refractivity contribution in [2.45, 2.75) is 58.4 Å². The Balaban J connectivity index is 1.29. The largest absolute Gasteiger partial charge is 0.315 e. The molecule has 8 heteroatoms. The van der Waals surface area contributed by atoms with Crippen LogP contribution >= 0.6 is 22.7 Å². The molecule has 6 nitrogen and oxygen atoms in total. The van der Waals surface area contributed by atoms with E-state index >= 15 is 0 Å². The molecule has 0 saturated heterocycles. The van der Waals surface area contributed by atoms with Gasteiger partial charge in [0.15, 0.2) is 0 Å². The number of amides is 1. The van der Waals surface area contributed by atoms with Crippen molar-refractivity contribution in [2.24, 2.45) is 5.92 Å². The first-order valence-corrected chi connectivity index (χ1v) is 14.1. The molecule has 0 radical (unpaired) electrons. The highest BCUT2D eigenvalue weighted by Gasteiger charge is 2.25. The molecule has 0 saturated carbocycles. The maximum absolute atomic E-state index is 13.5. The van der Waals surface area contributed by atoms with Crippen molar-refractivity contribution >= 4 is 43.8 Å². The van der Waals surface area contributed by atoms with Gasteiger partial charge < -0.3 is 5.32 Å². The van der Waals surface area contributed by atoms with Gasteiger partial charge in [0.25, 0.3) is 5.56 Å². The van der Waals surface area contributed by atoms with E-state index in [1.54, 1.807) is 0 Å². The van der Waals surface area contributed by atoms with Crippen LogP contribution < -0.4 is 10.9 Å². The molecule has 0 aliphatic heterocycles. The number of fused-ring (bicyclic) bond motifs is 3. The maximum Gasteiger partial charge on any atom is 0.263 e. The molecule has 3 heterocycles. The second kappa shape index (κ2) is 9.30. The van der Waals surface area contributed by atoms with Gasteiger partial charge in [0.05, 0.1) is 17.3 Å². The number of thiophene rings is 2. The number of rotatable bonds is 4. The van der Waals surface area contributed by atoms with Gasteiger partial charge in [-0.2, -0.15) is 5.26 Å². The van der Waals surface area contributed by atoms with Crippen molar-refractivity contribution in [2.75, 3.05) is 5.32 Å². The van der Waals surface area contributed by atoms with Crippen LogP contribution in [0.2, 0.25) is 0 Å². The minimum absolute atomic E-state index is 0.148. The Labute approximate surface area is 217 Å². The van der Waals surface area contributed by atoms with Gasteiger partial charge in [-0.25, -0.2) is 4.98 Å². The van der Waals surface area contributed by atoms with E-state index < -0.39 is 0 Å². The minimum atomic E-state index is -0.327. The number of nitrogens with zero attached hydrogens (tertiary/aromatic N) is 3. The molecular formula is C28H26N4O2S2. The van der Waals surface area contributed by atoms with Crippen LogP contribution in [0.3, 0.4) is 0 Å². The number of aryl methyl sites for hydroxylation is 2. The van der Waals surface area contributed by atoms with Gasteiger partial charge in [-0.05, 0) is 73.1 Å². The highest BCUT2D eigenvalue weighted by atomic mass is 32.1. The molecular weight excluding hydrogens is 488 g/mol. The summed E-state index contributed by atoms with van der Waals surface area (Å²) in [6.07, 6.45) is 8.93. The van der Waals surface area contributed by atoms with Crippen LogP contribution in [0.15, 0.2) is 34.7 Å². The highest BCUT2D eigenvalue weighted by Crippen LogP contribution is 2.39. The Morgan fingerprint density at radius 1 is 1.25 bits per heavy atom. The predicted octanol–water partition coefficient (Wildman–Crippen LogP) is 5.70. The van der Waals surface area contributed by atoms with Crippen LogP contribution in [-0.2, 0) is 37.0 Å². The van der Waals surface area contributed by atoms with Crippen LogP contribution in [0.5, 0.6) is 0 Å². The van der Waals surface area contributed by atoms with Gasteiger partial charge in [0.2, 0.25) is 5.91 Å². The Morgan fingerprint density at radius 2 is 2.08 bits per heavy atom. The lowest BCUT2D eigenvalue weighted by atomic mass is 9.89. The molecule has 3 aromatic heterocycles. The van der Waals surface area contributed by atoms with Gasteiger partial charge in [-0.15, -0.1) is 22.7 Å². The number of nitriles is 1. The molecule has 1 N–H and O–H groups in total. The zero-order valence-corrected chi connectivity index (χ0v) is 21.7. The van der Waals surface area contributed by atoms with Gasteiger partial charge in [-0.3, -0.25) is 14.2 Å². The second-order valence-electron chi connectivity index (χ2n) is 9.91. The summed E-state index contributed by atoms with van der Waals surface area (Å²) in [6, 6.07) is 8.77. The molecule has 2 aliphatic rings. The molecule has 0 fully saturated rings. The monoisotopic (exact) mass is 514 g/mol. The summed E-state index contributed by atoms with van der Waals surface area (Å²) in [6.45, 7) is 2.07. The quantitative estimate of drug-likeness (QED) is 0.378. The number of nitrogens with one attached hydrogen (secondary N) is 1. The van der Waals surface area contributed by atoms with Crippen molar-refractivity contribution in [3.05, 3.63) is 67.4 Å². The lowest BCUT2D eigenvalue weighted by Crippen LogP contribution is -2.27. The summed E-state index contributed by atoms with van der Waals surface area (Å²) in [5.74, 6) is 0.254. The third-order valence-electron chi connectivity index (χ3n) is 7.41. The van der Waals surface area contributed by atoms with Gasteiger partial charge in [0.1, 0.15) is 22.4 Å². The first kappa shape index (κ1) is 23.1. The number of hydrogen-bond acceptors (Lipinski definition) is 6. The predicted molar refractivity (Wildman–Crippen MR) is 145 cm³/mol. The molecule has 4 aromatic rings. The van der Waals surface area contributed by atoms with Crippen molar-refractivity contribution in [1.82, 2.24) is 9.55 Å². The fourth-order valence-electron chi connectivity index (χ4n) is 5.47. The lowest BCUT2D eigenvalue weighted by molar-refractivity contribution is -0.116. The van der Waals surface area contributed by atoms with Crippen LogP contribution in [0.4, 0.5) is 5.00 Å². The molecule has 2 aliphatic carbocycles. The molecule has 0 bridgehead atoms. The summed E-state index contributed by atoms with van der Waals surface area (Å²) in [5, 5.41) is 15.8. The molecule has 1 unspecified atom stereocenters. The molecule has 6 rings (SSSR count).